The molecule has 0 saturated heterocycles. The molecule has 0 aliphatic heterocycles. The minimum atomic E-state index is -2.54. The Bertz CT molecular complexity index is 1980. The van der Waals surface area contributed by atoms with Crippen molar-refractivity contribution in [2.45, 2.75) is 102 Å². The zero-order valence-corrected chi connectivity index (χ0v) is 38.3. The van der Waals surface area contributed by atoms with E-state index in [2.05, 4.69) is 174 Å². The molecule has 0 bridgehead atoms. The first-order valence-electron chi connectivity index (χ1n) is 19.0. The van der Waals surface area contributed by atoms with Gasteiger partial charge in [0.1, 0.15) is 0 Å². The van der Waals surface area contributed by atoms with E-state index in [1.165, 1.54) is 72.3 Å². The molecule has 6 rings (SSSR count). The van der Waals surface area contributed by atoms with Crippen LogP contribution in [0.25, 0.3) is 0 Å². The van der Waals surface area contributed by atoms with Crippen LogP contribution < -0.4 is 17.6 Å². The number of benzene rings is 5. The van der Waals surface area contributed by atoms with Crippen LogP contribution in [-0.2, 0) is 4.74 Å². The molecule has 1 aliphatic carbocycles. The van der Waals surface area contributed by atoms with Crippen molar-refractivity contribution in [3.05, 3.63) is 161 Å². The molecule has 5 aromatic rings. The monoisotopic (exact) mass is 810 g/mol. The molecule has 0 amide bonds. The van der Waals surface area contributed by atoms with Crippen molar-refractivity contribution in [3.8, 4) is 0 Å². The summed E-state index contributed by atoms with van der Waals surface area (Å²) in [5, 5.41) is 0. The molecule has 1 fully saturated rings. The molecule has 3 heteroatoms. The van der Waals surface area contributed by atoms with Crippen molar-refractivity contribution in [3.63, 3.8) is 0 Å². The van der Waals surface area contributed by atoms with Gasteiger partial charge in [-0.3, -0.25) is 0 Å². The van der Waals surface area contributed by atoms with Crippen LogP contribution in [0.3, 0.4) is 0 Å². The van der Waals surface area contributed by atoms with E-state index >= 15 is 0 Å². The second-order valence-electron chi connectivity index (χ2n) is 16.3. The van der Waals surface area contributed by atoms with Crippen LogP contribution in [-0.4, -0.2) is 41.9 Å². The van der Waals surface area contributed by atoms with Gasteiger partial charge in [-0.1, -0.05) is 0 Å². The quantitative estimate of drug-likeness (QED) is 0.135. The Morgan fingerprint density at radius 1 is 0.519 bits per heavy atom. The van der Waals surface area contributed by atoms with Gasteiger partial charge in [-0.05, 0) is 0 Å². The molecule has 2 radical (unpaired) electrons. The van der Waals surface area contributed by atoms with Crippen molar-refractivity contribution in [1.29, 1.82) is 0 Å². The fourth-order valence-corrected chi connectivity index (χ4v) is 27.4. The van der Waals surface area contributed by atoms with Gasteiger partial charge >= 0.3 is 326 Å². The summed E-state index contributed by atoms with van der Waals surface area (Å²) in [4.78, 5) is 2.97. The average Bonchev–Trinajstić information content (AvgIpc) is 3.65. The third-order valence-electron chi connectivity index (χ3n) is 11.7. The van der Waals surface area contributed by atoms with E-state index < -0.39 is 28.7 Å². The van der Waals surface area contributed by atoms with Crippen LogP contribution in [0.4, 0.5) is 0 Å². The van der Waals surface area contributed by atoms with Crippen LogP contribution in [0.5, 0.6) is 0 Å². The van der Waals surface area contributed by atoms with E-state index in [1.54, 1.807) is 22.0 Å². The first kappa shape index (κ1) is 38.6. The summed E-state index contributed by atoms with van der Waals surface area (Å²) in [6.45, 7) is 30.6. The van der Waals surface area contributed by atoms with Gasteiger partial charge in [-0.25, -0.2) is 0 Å². The summed E-state index contributed by atoms with van der Waals surface area (Å²) in [7, 11) is 1.95. The maximum atomic E-state index is 6.63. The molecule has 1 nitrogen and oxygen atoms in total. The van der Waals surface area contributed by atoms with Crippen molar-refractivity contribution >= 4 is 46.3 Å². The normalized spacial score (nSPS) is 18.8. The molecular weight excluding hydrogens is 750 g/mol. The molecule has 268 valence electrons. The predicted molar refractivity (Wildman–Crippen MR) is 229 cm³/mol. The van der Waals surface area contributed by atoms with E-state index in [4.69, 9.17) is 4.74 Å². The summed E-state index contributed by atoms with van der Waals surface area (Å²) in [6, 6.07) is 30.8. The van der Waals surface area contributed by atoms with Crippen molar-refractivity contribution in [2.75, 3.05) is 7.11 Å². The third kappa shape index (κ3) is 6.98. The number of hydrogen-bond acceptors (Lipinski definition) is 1. The number of ether oxygens (including phenoxy) is 1. The Hall–Kier alpha value is -3.11. The average molecular weight is 808 g/mol. The molecule has 1 saturated carbocycles. The summed E-state index contributed by atoms with van der Waals surface area (Å²) < 4.78 is 14.8. The summed E-state index contributed by atoms with van der Waals surface area (Å²) in [5.74, 6) is 0.296. The van der Waals surface area contributed by atoms with Gasteiger partial charge in [0.25, 0.3) is 0 Å². The first-order valence-corrected chi connectivity index (χ1v) is 25.4. The molecule has 3 unspecified atom stereocenters. The summed E-state index contributed by atoms with van der Waals surface area (Å²) >= 11 is -4.95. The standard InChI is InChI=1S/C49H58Ge2O/c1-29-20-33(5)44(34(6)21-29)50(45-35(7)22-30(2)23-36(45)8)28-42(49(13)43(48(49)52-14)41-18-16-15-17-19-41)51(46-37(9)24-31(3)25-38(46)10)47-39(11)26-32(4)27-40(47)12/h15-28,43,48H,1-14H3/b42-28-. The van der Waals surface area contributed by atoms with Crippen molar-refractivity contribution < 1.29 is 4.74 Å². The van der Waals surface area contributed by atoms with E-state index in [9.17, 15) is 0 Å². The Kier molecular flexibility index (Phi) is 11.1. The minimum absolute atomic E-state index is 0.112. The van der Waals surface area contributed by atoms with Crippen LogP contribution in [0.2, 0.25) is 0 Å². The van der Waals surface area contributed by atoms with E-state index in [-0.39, 0.29) is 11.5 Å². The molecule has 3 atom stereocenters. The Morgan fingerprint density at radius 2 is 0.846 bits per heavy atom. The summed E-state index contributed by atoms with van der Waals surface area (Å²) in [5.41, 5.74) is 18.2. The van der Waals surface area contributed by atoms with Crippen molar-refractivity contribution in [2.24, 2.45) is 5.41 Å². The maximum absolute atomic E-state index is 6.63. The second kappa shape index (κ2) is 15.0. The number of methoxy groups -OCH3 is 1. The van der Waals surface area contributed by atoms with Crippen LogP contribution in [0, 0.1) is 88.5 Å². The van der Waals surface area contributed by atoms with Gasteiger partial charge in [-0.2, -0.15) is 0 Å². The van der Waals surface area contributed by atoms with Crippen LogP contribution in [0.15, 0.2) is 88.2 Å². The molecule has 0 heterocycles. The second-order valence-corrected chi connectivity index (χ2v) is 25.5. The molecule has 1 aliphatic rings. The zero-order valence-electron chi connectivity index (χ0n) is 34.1. The van der Waals surface area contributed by atoms with Gasteiger partial charge in [0, 0.05) is 0 Å². The zero-order chi connectivity index (χ0) is 37.8. The van der Waals surface area contributed by atoms with E-state index in [1.807, 2.05) is 7.11 Å². The van der Waals surface area contributed by atoms with Gasteiger partial charge in [0.2, 0.25) is 0 Å². The molecule has 0 spiro atoms. The van der Waals surface area contributed by atoms with Gasteiger partial charge < -0.3 is 0 Å². The molecule has 0 N–H and O–H groups in total. The van der Waals surface area contributed by atoms with Gasteiger partial charge in [-0.15, -0.1) is 0 Å². The SMILES string of the molecule is COC1C(c2ccccc2)C1(C)/[C](=[CH]/[Ge]([c]1c(C)cc(C)cc1C)[c]1c(C)cc(C)cc1C)[Ge]([c]1c(C)cc(C)cc1C)[c]1c(C)cc(C)cc1C. The molecule has 5 aromatic carbocycles. The van der Waals surface area contributed by atoms with Gasteiger partial charge in [0.15, 0.2) is 0 Å². The topological polar surface area (TPSA) is 9.23 Å². The number of aryl methyl sites for hydroxylation is 12. The molecule has 0 aromatic heterocycles. The number of rotatable bonds is 9. The fraction of sp³-hybridized carbons (Fsp3) is 0.347. The Morgan fingerprint density at radius 3 is 1.17 bits per heavy atom. The Balaban J connectivity index is 1.81. The first-order chi connectivity index (χ1) is 24.6. The van der Waals surface area contributed by atoms with Crippen LogP contribution in [0.1, 0.15) is 85.2 Å². The number of hydrogen-bond donors (Lipinski definition) is 0. The van der Waals surface area contributed by atoms with Gasteiger partial charge in [0.05, 0.1) is 0 Å². The molecular formula is C49H58Ge2O. The third-order valence-corrected chi connectivity index (χ3v) is 27.8. The van der Waals surface area contributed by atoms with Crippen molar-refractivity contribution in [1.82, 2.24) is 0 Å². The fourth-order valence-electron chi connectivity index (χ4n) is 10.0. The van der Waals surface area contributed by atoms with E-state index in [0.717, 1.165) is 0 Å². The predicted octanol–water partition coefficient (Wildman–Crippen LogP) is 9.13. The van der Waals surface area contributed by atoms with E-state index in [0.29, 0.717) is 5.92 Å². The summed E-state index contributed by atoms with van der Waals surface area (Å²) in [6.07, 6.45) is 0.112. The Labute approximate surface area is 324 Å². The van der Waals surface area contributed by atoms with Crippen LogP contribution >= 0.6 is 0 Å². The molecule has 52 heavy (non-hydrogen) atoms.